The van der Waals surface area contributed by atoms with E-state index < -0.39 is 0 Å². The van der Waals surface area contributed by atoms with Gasteiger partial charge in [0, 0.05) is 30.5 Å². The number of aromatic nitrogens is 3. The van der Waals surface area contributed by atoms with E-state index in [1.54, 1.807) is 35.6 Å². The Kier molecular flexibility index (Phi) is 5.85. The molecule has 0 fully saturated rings. The highest BCUT2D eigenvalue weighted by Gasteiger charge is 2.23. The third-order valence-electron chi connectivity index (χ3n) is 4.60. The quantitative estimate of drug-likeness (QED) is 0.374. The Bertz CT molecular complexity index is 1160. The number of nitrogens with zero attached hydrogens (tertiary/aromatic N) is 4. The zero-order valence-corrected chi connectivity index (χ0v) is 18.0. The fourth-order valence-electron chi connectivity index (χ4n) is 3.11. The largest absolute Gasteiger partial charge is 0.337 e. The second-order valence-corrected chi connectivity index (χ2v) is 8.51. The number of aryl methyl sites for hydroxylation is 2. The first-order chi connectivity index (χ1) is 14.0. The van der Waals surface area contributed by atoms with Crippen LogP contribution in [0.2, 0.25) is 10.0 Å². The van der Waals surface area contributed by atoms with Crippen molar-refractivity contribution in [1.82, 2.24) is 14.5 Å². The molecule has 4 aromatic rings. The number of carbonyl (C=O) groups excluding carboxylic acids is 1. The van der Waals surface area contributed by atoms with Crippen LogP contribution in [0, 0.1) is 6.92 Å². The van der Waals surface area contributed by atoms with Gasteiger partial charge < -0.3 is 4.57 Å². The molecule has 8 heteroatoms. The molecular weight excluding hydrogens is 427 g/mol. The number of carbonyl (C=O) groups is 1. The third kappa shape index (κ3) is 4.29. The molecule has 0 N–H and O–H groups in total. The molecule has 5 nitrogen and oxygen atoms in total. The van der Waals surface area contributed by atoms with Crippen LogP contribution in [0.3, 0.4) is 0 Å². The molecule has 2 heterocycles. The van der Waals surface area contributed by atoms with Crippen molar-refractivity contribution >= 4 is 55.8 Å². The molecule has 148 valence electrons. The maximum absolute atomic E-state index is 13.4. The highest BCUT2D eigenvalue weighted by Crippen LogP contribution is 2.32. The van der Waals surface area contributed by atoms with Gasteiger partial charge in [0.1, 0.15) is 0 Å². The van der Waals surface area contributed by atoms with E-state index in [1.165, 1.54) is 11.3 Å². The minimum Gasteiger partial charge on any atom is -0.337 e. The fraction of sp³-hybridized carbons (Fsp3) is 0.190. The highest BCUT2D eigenvalue weighted by atomic mass is 35.5. The van der Waals surface area contributed by atoms with E-state index in [-0.39, 0.29) is 5.91 Å². The van der Waals surface area contributed by atoms with E-state index >= 15 is 0 Å². The second kappa shape index (κ2) is 8.53. The van der Waals surface area contributed by atoms with Gasteiger partial charge in [-0.15, -0.1) is 0 Å². The first kappa shape index (κ1) is 19.9. The van der Waals surface area contributed by atoms with Crippen LogP contribution in [-0.4, -0.2) is 27.0 Å². The number of benzene rings is 2. The van der Waals surface area contributed by atoms with Crippen LogP contribution in [0.1, 0.15) is 22.3 Å². The summed E-state index contributed by atoms with van der Waals surface area (Å²) in [5, 5.41) is 1.49. The number of halogens is 2. The molecule has 0 saturated heterocycles. The Hall–Kier alpha value is -2.41. The maximum atomic E-state index is 13.4. The van der Waals surface area contributed by atoms with Crippen LogP contribution in [0.5, 0.6) is 0 Å². The van der Waals surface area contributed by atoms with Crippen molar-refractivity contribution in [2.24, 2.45) is 0 Å². The molecule has 0 radical (unpaired) electrons. The number of thiazole rings is 1. The van der Waals surface area contributed by atoms with Gasteiger partial charge in [0.05, 0.1) is 27.1 Å². The predicted octanol–water partition coefficient (Wildman–Crippen LogP) is 5.85. The minimum atomic E-state index is -0.208. The van der Waals surface area contributed by atoms with Crippen LogP contribution < -0.4 is 4.90 Å². The van der Waals surface area contributed by atoms with Crippen molar-refractivity contribution < 1.29 is 4.79 Å². The summed E-state index contributed by atoms with van der Waals surface area (Å²) in [6.07, 6.45) is 6.16. The molecule has 0 aliphatic rings. The van der Waals surface area contributed by atoms with Crippen LogP contribution >= 0.6 is 34.5 Å². The average Bonchev–Trinajstić information content (AvgIpc) is 3.37. The first-order valence-electron chi connectivity index (χ1n) is 9.12. The highest BCUT2D eigenvalue weighted by molar-refractivity contribution is 7.22. The summed E-state index contributed by atoms with van der Waals surface area (Å²) in [5.41, 5.74) is 2.37. The summed E-state index contributed by atoms with van der Waals surface area (Å²) in [6.45, 7) is 3.26. The Morgan fingerprint density at radius 3 is 2.86 bits per heavy atom. The lowest BCUT2D eigenvalue weighted by Gasteiger charge is -2.21. The van der Waals surface area contributed by atoms with E-state index in [9.17, 15) is 4.79 Å². The number of anilines is 1. The van der Waals surface area contributed by atoms with Crippen LogP contribution in [0.25, 0.3) is 10.2 Å². The fourth-order valence-corrected chi connectivity index (χ4v) is 4.55. The summed E-state index contributed by atoms with van der Waals surface area (Å²) < 4.78 is 3.03. The van der Waals surface area contributed by atoms with Gasteiger partial charge in [-0.3, -0.25) is 9.69 Å². The van der Waals surface area contributed by atoms with E-state index in [1.807, 2.05) is 35.9 Å². The van der Waals surface area contributed by atoms with E-state index in [4.69, 9.17) is 28.2 Å². The molecule has 0 bridgehead atoms. The number of fused-ring (bicyclic) bond motifs is 1. The number of rotatable bonds is 6. The lowest BCUT2D eigenvalue weighted by molar-refractivity contribution is 0.0986. The Morgan fingerprint density at radius 2 is 2.10 bits per heavy atom. The van der Waals surface area contributed by atoms with Gasteiger partial charge in [0.15, 0.2) is 5.13 Å². The summed E-state index contributed by atoms with van der Waals surface area (Å²) in [6, 6.07) is 11.0. The summed E-state index contributed by atoms with van der Waals surface area (Å²) in [7, 11) is 0. The van der Waals surface area contributed by atoms with Crippen LogP contribution in [0.15, 0.2) is 55.1 Å². The summed E-state index contributed by atoms with van der Waals surface area (Å²) in [4.78, 5) is 23.9. The second-order valence-electron chi connectivity index (χ2n) is 6.65. The molecule has 0 saturated carbocycles. The van der Waals surface area contributed by atoms with Gasteiger partial charge in [-0.1, -0.05) is 46.7 Å². The van der Waals surface area contributed by atoms with Crippen LogP contribution in [-0.2, 0) is 6.54 Å². The van der Waals surface area contributed by atoms with Crippen molar-refractivity contribution in [3.63, 3.8) is 0 Å². The zero-order chi connectivity index (χ0) is 20.4. The van der Waals surface area contributed by atoms with E-state index in [2.05, 4.69) is 4.98 Å². The third-order valence-corrected chi connectivity index (χ3v) is 6.21. The van der Waals surface area contributed by atoms with Gasteiger partial charge in [-0.25, -0.2) is 9.97 Å². The molecule has 29 heavy (non-hydrogen) atoms. The molecule has 0 spiro atoms. The van der Waals surface area contributed by atoms with Crippen LogP contribution in [0.4, 0.5) is 5.13 Å². The number of hydrogen-bond acceptors (Lipinski definition) is 4. The Labute approximate surface area is 182 Å². The Morgan fingerprint density at radius 1 is 1.24 bits per heavy atom. The summed E-state index contributed by atoms with van der Waals surface area (Å²) in [5.74, 6) is -0.208. The number of amides is 1. The van der Waals surface area contributed by atoms with Gasteiger partial charge in [-0.2, -0.15) is 0 Å². The summed E-state index contributed by atoms with van der Waals surface area (Å²) >= 11 is 13.9. The molecule has 0 unspecified atom stereocenters. The van der Waals surface area contributed by atoms with Crippen molar-refractivity contribution in [2.75, 3.05) is 11.4 Å². The zero-order valence-electron chi connectivity index (χ0n) is 15.7. The molecule has 2 aromatic heterocycles. The average molecular weight is 445 g/mol. The molecule has 0 aliphatic heterocycles. The minimum absolute atomic E-state index is 0.208. The van der Waals surface area contributed by atoms with Crippen molar-refractivity contribution in [3.05, 3.63) is 76.3 Å². The molecule has 0 atom stereocenters. The number of hydrogen-bond donors (Lipinski definition) is 0. The number of para-hydroxylation sites is 1. The first-order valence-corrected chi connectivity index (χ1v) is 10.7. The smallest absolute Gasteiger partial charge is 0.261 e. The van der Waals surface area contributed by atoms with Gasteiger partial charge in [0.2, 0.25) is 0 Å². The molecule has 1 amide bonds. The van der Waals surface area contributed by atoms with E-state index in [0.717, 1.165) is 28.7 Å². The lowest BCUT2D eigenvalue weighted by Crippen LogP contribution is -2.32. The molecular formula is C21H18Cl2N4OS. The lowest BCUT2D eigenvalue weighted by atomic mass is 10.2. The monoisotopic (exact) mass is 444 g/mol. The van der Waals surface area contributed by atoms with Crippen molar-refractivity contribution in [1.29, 1.82) is 0 Å². The maximum Gasteiger partial charge on any atom is 0.261 e. The van der Waals surface area contributed by atoms with Crippen molar-refractivity contribution in [2.45, 2.75) is 19.9 Å². The van der Waals surface area contributed by atoms with Gasteiger partial charge >= 0.3 is 0 Å². The standard InChI is InChI=1S/C21H18Cl2N4OS/c1-14-4-2-5-18-19(14)25-21(29-18)27(10-3-9-26-11-8-24-13-26)20(28)16-12-15(22)6-7-17(16)23/h2,4-8,11-13H,3,9-10H2,1H3. The van der Waals surface area contributed by atoms with E-state index in [0.29, 0.717) is 27.3 Å². The molecule has 0 aliphatic carbocycles. The Balaban J connectivity index is 1.68. The normalized spacial score (nSPS) is 11.1. The SMILES string of the molecule is Cc1cccc2sc(N(CCCn3ccnc3)C(=O)c3cc(Cl)ccc3Cl)nc12. The molecule has 2 aromatic carbocycles. The number of imidazole rings is 1. The van der Waals surface area contributed by atoms with Gasteiger partial charge in [0.25, 0.3) is 5.91 Å². The topological polar surface area (TPSA) is 51.0 Å². The predicted molar refractivity (Wildman–Crippen MR) is 119 cm³/mol. The van der Waals surface area contributed by atoms with Crippen molar-refractivity contribution in [3.8, 4) is 0 Å². The van der Waals surface area contributed by atoms with Gasteiger partial charge in [-0.05, 0) is 43.2 Å². The molecule has 4 rings (SSSR count).